The first-order valence-electron chi connectivity index (χ1n) is 5.93. The van der Waals surface area contributed by atoms with E-state index < -0.39 is 10.0 Å². The molecule has 3 nitrogen and oxygen atoms in total. The number of nitrogens with zero attached hydrogens (tertiary/aromatic N) is 1. The van der Waals surface area contributed by atoms with Crippen molar-refractivity contribution >= 4 is 10.0 Å². The molecule has 0 aromatic heterocycles. The molecule has 0 bridgehead atoms. The van der Waals surface area contributed by atoms with Crippen molar-refractivity contribution in [1.82, 2.24) is 4.31 Å². The Morgan fingerprint density at radius 1 is 1.33 bits per heavy atom. The Kier molecular flexibility index (Phi) is 3.47. The van der Waals surface area contributed by atoms with Gasteiger partial charge in [-0.1, -0.05) is 36.3 Å². The molecule has 0 aliphatic carbocycles. The molecule has 0 amide bonds. The number of benzene rings is 1. The number of hydrogen-bond donors (Lipinski definition) is 0. The smallest absolute Gasteiger partial charge is 0.211 e. The van der Waals surface area contributed by atoms with E-state index in [1.807, 2.05) is 37.3 Å². The van der Waals surface area contributed by atoms with Crippen LogP contribution in [0, 0.1) is 18.3 Å². The third-order valence-corrected chi connectivity index (χ3v) is 4.89. The minimum atomic E-state index is -3.19. The van der Waals surface area contributed by atoms with Gasteiger partial charge in [0.2, 0.25) is 10.0 Å². The first-order chi connectivity index (χ1) is 8.45. The summed E-state index contributed by atoms with van der Waals surface area (Å²) in [6, 6.07) is 9.63. The molecule has 1 saturated heterocycles. The van der Waals surface area contributed by atoms with Crippen LogP contribution in [0.25, 0.3) is 0 Å². The van der Waals surface area contributed by atoms with Gasteiger partial charge in [0.05, 0.1) is 12.2 Å². The molecule has 1 heterocycles. The molecule has 18 heavy (non-hydrogen) atoms. The van der Waals surface area contributed by atoms with Gasteiger partial charge in [0.1, 0.15) is 0 Å². The van der Waals surface area contributed by atoms with E-state index in [1.54, 1.807) is 0 Å². The van der Waals surface area contributed by atoms with Crippen LogP contribution in [0.4, 0.5) is 0 Å². The predicted octanol–water partition coefficient (Wildman–Crippen LogP) is 1.51. The van der Waals surface area contributed by atoms with Gasteiger partial charge in [-0.15, -0.1) is 6.42 Å². The maximum absolute atomic E-state index is 11.7. The van der Waals surface area contributed by atoms with Crippen LogP contribution in [0.1, 0.15) is 12.5 Å². The third-order valence-electron chi connectivity index (χ3n) is 3.53. The largest absolute Gasteiger partial charge is 0.212 e. The zero-order valence-corrected chi connectivity index (χ0v) is 11.4. The third kappa shape index (κ3) is 2.29. The molecule has 0 spiro atoms. The molecule has 3 atom stereocenters. The van der Waals surface area contributed by atoms with Gasteiger partial charge < -0.3 is 0 Å². The zero-order valence-electron chi connectivity index (χ0n) is 10.6. The lowest BCUT2D eigenvalue weighted by atomic mass is 9.81. The van der Waals surface area contributed by atoms with E-state index in [-0.39, 0.29) is 18.0 Å². The molecule has 96 valence electrons. The van der Waals surface area contributed by atoms with Crippen molar-refractivity contribution in [1.29, 1.82) is 0 Å². The Morgan fingerprint density at radius 2 is 1.94 bits per heavy atom. The molecule has 0 N–H and O–H groups in total. The average molecular weight is 263 g/mol. The second kappa shape index (κ2) is 4.75. The van der Waals surface area contributed by atoms with Gasteiger partial charge in [-0.3, -0.25) is 0 Å². The Hall–Kier alpha value is -1.31. The molecule has 1 aromatic rings. The monoisotopic (exact) mass is 263 g/mol. The van der Waals surface area contributed by atoms with Crippen LogP contribution >= 0.6 is 0 Å². The topological polar surface area (TPSA) is 37.4 Å². The average Bonchev–Trinajstić information content (AvgIpc) is 2.28. The van der Waals surface area contributed by atoms with Crippen molar-refractivity contribution in [2.24, 2.45) is 5.92 Å². The van der Waals surface area contributed by atoms with Crippen molar-refractivity contribution in [2.45, 2.75) is 25.4 Å². The van der Waals surface area contributed by atoms with Gasteiger partial charge in [0.25, 0.3) is 0 Å². The fraction of sp³-hybridized carbons (Fsp3) is 0.429. The summed E-state index contributed by atoms with van der Waals surface area (Å²) in [6.45, 7) is 1.87. The lowest BCUT2D eigenvalue weighted by Crippen LogP contribution is -2.64. The highest BCUT2D eigenvalue weighted by molar-refractivity contribution is 7.88. The Bertz CT molecular complexity index is 559. The van der Waals surface area contributed by atoms with Gasteiger partial charge in [-0.25, -0.2) is 8.42 Å². The lowest BCUT2D eigenvalue weighted by Gasteiger charge is -2.50. The summed E-state index contributed by atoms with van der Waals surface area (Å²) in [6.07, 6.45) is 7.42. The number of sulfonamides is 1. The van der Waals surface area contributed by atoms with Crippen molar-refractivity contribution < 1.29 is 8.42 Å². The van der Waals surface area contributed by atoms with E-state index in [0.29, 0.717) is 6.42 Å². The van der Waals surface area contributed by atoms with E-state index in [2.05, 4.69) is 5.92 Å². The summed E-state index contributed by atoms with van der Waals surface area (Å²) < 4.78 is 25.0. The molecule has 1 aliphatic heterocycles. The highest BCUT2D eigenvalue weighted by Crippen LogP contribution is 2.36. The van der Waals surface area contributed by atoms with E-state index in [4.69, 9.17) is 6.42 Å². The second-order valence-electron chi connectivity index (χ2n) is 4.78. The van der Waals surface area contributed by atoms with Gasteiger partial charge in [0, 0.05) is 12.1 Å². The zero-order chi connectivity index (χ0) is 13.3. The normalized spacial score (nSPS) is 28.4. The summed E-state index contributed by atoms with van der Waals surface area (Å²) in [7, 11) is -3.19. The summed E-state index contributed by atoms with van der Waals surface area (Å²) in [5.41, 5.74) is 1.11. The second-order valence-corrected chi connectivity index (χ2v) is 6.67. The number of rotatable bonds is 3. The highest BCUT2D eigenvalue weighted by atomic mass is 32.2. The SMILES string of the molecule is C#C[C@H]1[C@H](C)N(S(C)(=O)=O)[C@H]1Cc1ccccc1. The van der Waals surface area contributed by atoms with E-state index in [9.17, 15) is 8.42 Å². The lowest BCUT2D eigenvalue weighted by molar-refractivity contribution is 0.0718. The summed E-state index contributed by atoms with van der Waals surface area (Å²) in [5, 5.41) is 0. The summed E-state index contributed by atoms with van der Waals surface area (Å²) >= 11 is 0. The minimum Gasteiger partial charge on any atom is -0.212 e. The molecule has 1 aliphatic rings. The molecule has 0 saturated carbocycles. The van der Waals surface area contributed by atoms with Crippen LogP contribution in [0.2, 0.25) is 0 Å². The predicted molar refractivity (Wildman–Crippen MR) is 72.4 cm³/mol. The van der Waals surface area contributed by atoms with Crippen molar-refractivity contribution in [3.63, 3.8) is 0 Å². The highest BCUT2D eigenvalue weighted by Gasteiger charge is 2.49. The molecular formula is C14H17NO2S. The van der Waals surface area contributed by atoms with E-state index in [0.717, 1.165) is 5.56 Å². The van der Waals surface area contributed by atoms with E-state index >= 15 is 0 Å². The molecular weight excluding hydrogens is 246 g/mol. The van der Waals surface area contributed by atoms with Crippen LogP contribution in [-0.2, 0) is 16.4 Å². The summed E-state index contributed by atoms with van der Waals surface area (Å²) in [5.74, 6) is 2.72. The molecule has 1 fully saturated rings. The molecule has 1 aromatic carbocycles. The standard InChI is InChI=1S/C14H17NO2S/c1-4-13-11(2)15(18(3,16)17)14(13)10-12-8-6-5-7-9-12/h1,5-9,11,13-14H,10H2,2-3H3/t11-,13-,14-/m0/s1. The number of hydrogen-bond acceptors (Lipinski definition) is 2. The summed E-state index contributed by atoms with van der Waals surface area (Å²) in [4.78, 5) is 0. The fourth-order valence-corrected chi connectivity index (χ4v) is 4.14. The quantitative estimate of drug-likeness (QED) is 0.775. The van der Waals surface area contributed by atoms with E-state index in [1.165, 1.54) is 10.6 Å². The van der Waals surface area contributed by atoms with Gasteiger partial charge >= 0.3 is 0 Å². The van der Waals surface area contributed by atoms with Crippen LogP contribution < -0.4 is 0 Å². The Balaban J connectivity index is 2.22. The molecule has 2 rings (SSSR count). The van der Waals surface area contributed by atoms with Crippen LogP contribution in [0.15, 0.2) is 30.3 Å². The van der Waals surface area contributed by atoms with Crippen molar-refractivity contribution in [3.05, 3.63) is 35.9 Å². The van der Waals surface area contributed by atoms with Crippen LogP contribution in [0.3, 0.4) is 0 Å². The fourth-order valence-electron chi connectivity index (χ4n) is 2.71. The van der Waals surface area contributed by atoms with Gasteiger partial charge in [-0.2, -0.15) is 4.31 Å². The number of terminal acetylenes is 1. The molecule has 0 unspecified atom stereocenters. The molecule has 4 heteroatoms. The maximum Gasteiger partial charge on any atom is 0.211 e. The van der Waals surface area contributed by atoms with Gasteiger partial charge in [-0.05, 0) is 18.9 Å². The van der Waals surface area contributed by atoms with Crippen LogP contribution in [-0.4, -0.2) is 31.1 Å². The molecule has 0 radical (unpaired) electrons. The van der Waals surface area contributed by atoms with Crippen molar-refractivity contribution in [2.75, 3.05) is 6.26 Å². The van der Waals surface area contributed by atoms with Crippen LogP contribution in [0.5, 0.6) is 0 Å². The van der Waals surface area contributed by atoms with Crippen molar-refractivity contribution in [3.8, 4) is 12.3 Å². The Morgan fingerprint density at radius 3 is 2.44 bits per heavy atom. The van der Waals surface area contributed by atoms with Gasteiger partial charge in [0.15, 0.2) is 0 Å². The first-order valence-corrected chi connectivity index (χ1v) is 7.78. The Labute approximate surface area is 109 Å². The maximum atomic E-state index is 11.7. The minimum absolute atomic E-state index is 0.0000638. The first kappa shape index (κ1) is 13.1.